The van der Waals surface area contributed by atoms with Gasteiger partial charge in [0.1, 0.15) is 0 Å². The number of H-pyrrole nitrogens is 1. The molecule has 0 radical (unpaired) electrons. The summed E-state index contributed by atoms with van der Waals surface area (Å²) in [6.07, 6.45) is 4.72. The Morgan fingerprint density at radius 1 is 0.867 bits per heavy atom. The Kier molecular flexibility index (Phi) is 3.10. The zero-order chi connectivity index (χ0) is 10.7. The average molecular weight is 201 g/mol. The van der Waals surface area contributed by atoms with E-state index in [1.54, 1.807) is 0 Å². The van der Waals surface area contributed by atoms with Gasteiger partial charge >= 0.3 is 0 Å². The number of fused-ring (bicyclic) bond motifs is 1. The van der Waals surface area contributed by atoms with Crippen molar-refractivity contribution in [2.75, 3.05) is 0 Å². The minimum Gasteiger partial charge on any atom is -0.361 e. The summed E-state index contributed by atoms with van der Waals surface area (Å²) >= 11 is 0. The van der Waals surface area contributed by atoms with Crippen LogP contribution < -0.4 is 0 Å². The zero-order valence-corrected chi connectivity index (χ0v) is 9.64. The van der Waals surface area contributed by atoms with Gasteiger partial charge in [0.15, 0.2) is 0 Å². The third kappa shape index (κ3) is 1.92. The van der Waals surface area contributed by atoms with E-state index in [9.17, 15) is 0 Å². The lowest BCUT2D eigenvalue weighted by atomic mass is 10.1. The largest absolute Gasteiger partial charge is 0.361 e. The highest BCUT2D eigenvalue weighted by Crippen LogP contribution is 2.24. The number of aromatic nitrogens is 1. The first-order valence-electron chi connectivity index (χ1n) is 5.95. The quantitative estimate of drug-likeness (QED) is 0.767. The lowest BCUT2D eigenvalue weighted by Gasteiger charge is -1.94. The Balaban J connectivity index is 2.52. The van der Waals surface area contributed by atoms with Crippen LogP contribution in [0.15, 0.2) is 24.3 Å². The number of aromatic amines is 1. The van der Waals surface area contributed by atoms with Gasteiger partial charge in [-0.3, -0.25) is 0 Å². The summed E-state index contributed by atoms with van der Waals surface area (Å²) in [7, 11) is 0. The fraction of sp³-hybridized carbons (Fsp3) is 0.429. The summed E-state index contributed by atoms with van der Waals surface area (Å²) in [5.74, 6) is 0. The highest BCUT2D eigenvalue weighted by molar-refractivity contribution is 5.88. The molecule has 0 bridgehead atoms. The van der Waals surface area contributed by atoms with Crippen LogP contribution in [0.5, 0.6) is 0 Å². The van der Waals surface area contributed by atoms with E-state index in [-0.39, 0.29) is 0 Å². The third-order valence-corrected chi connectivity index (χ3v) is 2.88. The van der Waals surface area contributed by atoms with Crippen molar-refractivity contribution in [3.8, 4) is 0 Å². The molecule has 2 rings (SSSR count). The molecule has 1 aromatic heterocycles. The highest BCUT2D eigenvalue weighted by atomic mass is 14.7. The second-order valence-electron chi connectivity index (χ2n) is 4.13. The van der Waals surface area contributed by atoms with Crippen LogP contribution >= 0.6 is 0 Å². The van der Waals surface area contributed by atoms with Crippen molar-refractivity contribution in [2.24, 2.45) is 0 Å². The van der Waals surface area contributed by atoms with E-state index in [1.807, 2.05) is 0 Å². The monoisotopic (exact) mass is 201 g/mol. The first-order valence-corrected chi connectivity index (χ1v) is 5.95. The Hall–Kier alpha value is -1.24. The van der Waals surface area contributed by atoms with E-state index in [1.165, 1.54) is 35.0 Å². The van der Waals surface area contributed by atoms with Gasteiger partial charge in [0, 0.05) is 22.2 Å². The van der Waals surface area contributed by atoms with Crippen molar-refractivity contribution in [1.29, 1.82) is 0 Å². The molecule has 0 unspecified atom stereocenters. The topological polar surface area (TPSA) is 15.8 Å². The first-order chi connectivity index (χ1) is 7.36. The van der Waals surface area contributed by atoms with Crippen molar-refractivity contribution in [3.05, 3.63) is 35.7 Å². The summed E-state index contributed by atoms with van der Waals surface area (Å²) in [5, 5.41) is 2.84. The van der Waals surface area contributed by atoms with E-state index >= 15 is 0 Å². The second-order valence-corrected chi connectivity index (χ2v) is 4.13. The van der Waals surface area contributed by atoms with Crippen LogP contribution in [0, 0.1) is 0 Å². The SMILES string of the molecule is CCCc1[nH]c(CCC)c2ccccc12. The van der Waals surface area contributed by atoms with Gasteiger partial charge in [0.2, 0.25) is 0 Å². The molecule has 1 heteroatoms. The Morgan fingerprint density at radius 2 is 1.33 bits per heavy atom. The fourth-order valence-electron chi connectivity index (χ4n) is 2.22. The van der Waals surface area contributed by atoms with Gasteiger partial charge in [0.25, 0.3) is 0 Å². The van der Waals surface area contributed by atoms with Crippen molar-refractivity contribution in [2.45, 2.75) is 39.5 Å². The third-order valence-electron chi connectivity index (χ3n) is 2.88. The van der Waals surface area contributed by atoms with Crippen molar-refractivity contribution in [1.82, 2.24) is 4.98 Å². The summed E-state index contributed by atoms with van der Waals surface area (Å²) in [4.78, 5) is 3.59. The lowest BCUT2D eigenvalue weighted by molar-refractivity contribution is 0.858. The minimum absolute atomic E-state index is 1.16. The normalized spacial score (nSPS) is 11.1. The predicted octanol–water partition coefficient (Wildman–Crippen LogP) is 4.07. The summed E-state index contributed by atoms with van der Waals surface area (Å²) in [5.41, 5.74) is 2.83. The molecular formula is C14H19N. The Labute approximate surface area is 91.5 Å². The Morgan fingerprint density at radius 3 is 1.73 bits per heavy atom. The second kappa shape index (κ2) is 4.52. The molecule has 1 N–H and O–H groups in total. The molecule has 80 valence electrons. The number of hydrogen-bond acceptors (Lipinski definition) is 0. The maximum atomic E-state index is 3.59. The van der Waals surface area contributed by atoms with Crippen LogP contribution in [0.25, 0.3) is 10.8 Å². The molecule has 2 aromatic rings. The van der Waals surface area contributed by atoms with Gasteiger partial charge in [-0.05, 0) is 12.8 Å². The van der Waals surface area contributed by atoms with Crippen LogP contribution in [0.1, 0.15) is 38.1 Å². The zero-order valence-electron chi connectivity index (χ0n) is 9.64. The van der Waals surface area contributed by atoms with Crippen molar-refractivity contribution < 1.29 is 0 Å². The van der Waals surface area contributed by atoms with E-state index in [0.29, 0.717) is 0 Å². The highest BCUT2D eigenvalue weighted by Gasteiger charge is 2.07. The fourth-order valence-corrected chi connectivity index (χ4v) is 2.22. The van der Waals surface area contributed by atoms with Crippen LogP contribution in [-0.4, -0.2) is 4.98 Å². The number of nitrogens with one attached hydrogen (secondary N) is 1. The van der Waals surface area contributed by atoms with Gasteiger partial charge in [-0.1, -0.05) is 51.0 Å². The molecule has 0 aliphatic heterocycles. The summed E-state index contributed by atoms with van der Waals surface area (Å²) < 4.78 is 0. The van der Waals surface area contributed by atoms with Crippen LogP contribution in [-0.2, 0) is 12.8 Å². The maximum absolute atomic E-state index is 3.59. The van der Waals surface area contributed by atoms with Crippen LogP contribution in [0.2, 0.25) is 0 Å². The molecule has 1 heterocycles. The van der Waals surface area contributed by atoms with Crippen LogP contribution in [0.4, 0.5) is 0 Å². The van der Waals surface area contributed by atoms with E-state index in [2.05, 4.69) is 43.1 Å². The summed E-state index contributed by atoms with van der Waals surface area (Å²) in [6, 6.07) is 8.72. The molecule has 1 nitrogen and oxygen atoms in total. The molecule has 0 spiro atoms. The molecule has 0 aliphatic rings. The molecule has 0 aliphatic carbocycles. The molecule has 0 amide bonds. The summed E-state index contributed by atoms with van der Waals surface area (Å²) in [6.45, 7) is 4.46. The minimum atomic E-state index is 1.16. The lowest BCUT2D eigenvalue weighted by Crippen LogP contribution is -1.86. The van der Waals surface area contributed by atoms with E-state index in [4.69, 9.17) is 0 Å². The number of benzene rings is 1. The van der Waals surface area contributed by atoms with Gasteiger partial charge in [-0.25, -0.2) is 0 Å². The first kappa shape index (κ1) is 10.3. The number of rotatable bonds is 4. The molecular weight excluding hydrogens is 182 g/mol. The van der Waals surface area contributed by atoms with E-state index in [0.717, 1.165) is 12.8 Å². The standard InChI is InChI=1S/C14H19N/c1-3-7-13-11-9-5-6-10-12(11)14(15-13)8-4-2/h5-6,9-10,15H,3-4,7-8H2,1-2H3. The predicted molar refractivity (Wildman–Crippen MR) is 66.3 cm³/mol. The van der Waals surface area contributed by atoms with Gasteiger partial charge < -0.3 is 4.98 Å². The van der Waals surface area contributed by atoms with Crippen LogP contribution in [0.3, 0.4) is 0 Å². The number of hydrogen-bond donors (Lipinski definition) is 1. The van der Waals surface area contributed by atoms with Crippen molar-refractivity contribution in [3.63, 3.8) is 0 Å². The number of aryl methyl sites for hydroxylation is 2. The maximum Gasteiger partial charge on any atom is 0.0228 e. The van der Waals surface area contributed by atoms with E-state index < -0.39 is 0 Å². The molecule has 0 fully saturated rings. The molecule has 1 aromatic carbocycles. The average Bonchev–Trinajstić information content (AvgIpc) is 2.59. The van der Waals surface area contributed by atoms with Gasteiger partial charge in [-0.2, -0.15) is 0 Å². The molecule has 0 atom stereocenters. The van der Waals surface area contributed by atoms with Gasteiger partial charge in [-0.15, -0.1) is 0 Å². The Bertz CT molecular complexity index is 400. The van der Waals surface area contributed by atoms with Gasteiger partial charge in [0.05, 0.1) is 0 Å². The smallest absolute Gasteiger partial charge is 0.0228 e. The van der Waals surface area contributed by atoms with Crippen molar-refractivity contribution >= 4 is 10.8 Å². The molecule has 0 saturated carbocycles. The molecule has 15 heavy (non-hydrogen) atoms. The molecule has 0 saturated heterocycles.